The first-order chi connectivity index (χ1) is 7.92. The molecule has 2 aliphatic carbocycles. The molecule has 2 saturated carbocycles. The number of ether oxygens (including phenoxy) is 1. The Morgan fingerprint density at radius 2 is 2.12 bits per heavy atom. The van der Waals surface area contributed by atoms with E-state index in [1.165, 1.54) is 12.8 Å². The molecule has 3 aliphatic rings. The van der Waals surface area contributed by atoms with Crippen LogP contribution in [0.2, 0.25) is 0 Å². The van der Waals surface area contributed by atoms with Crippen LogP contribution >= 0.6 is 0 Å². The van der Waals surface area contributed by atoms with Gasteiger partial charge in [0.25, 0.3) is 0 Å². The smallest absolute Gasteiger partial charge is 0.0995 e. The van der Waals surface area contributed by atoms with E-state index in [-0.39, 0.29) is 10.8 Å². The van der Waals surface area contributed by atoms with E-state index in [4.69, 9.17) is 4.74 Å². The van der Waals surface area contributed by atoms with Crippen LogP contribution in [-0.4, -0.2) is 17.3 Å². The number of rotatable bonds is 1. The molecule has 2 nitrogen and oxygen atoms in total. The maximum Gasteiger partial charge on any atom is 0.0995 e. The molecule has 0 radical (unpaired) electrons. The van der Waals surface area contributed by atoms with Gasteiger partial charge in [-0.15, -0.1) is 0 Å². The highest BCUT2D eigenvalue weighted by molar-refractivity contribution is 5.32. The zero-order valence-corrected chi connectivity index (χ0v) is 11.3. The first kappa shape index (κ1) is 11.6. The van der Waals surface area contributed by atoms with Crippen LogP contribution in [0.5, 0.6) is 0 Å². The first-order valence-corrected chi connectivity index (χ1v) is 6.95. The van der Waals surface area contributed by atoms with Gasteiger partial charge >= 0.3 is 0 Å². The lowest BCUT2D eigenvalue weighted by atomic mass is 9.57. The minimum atomic E-state index is -0.649. The number of aliphatic hydroxyl groups is 1. The zero-order valence-electron chi connectivity index (χ0n) is 11.3. The standard InChI is InChI=1S/C15H24O2/c1-13(2)11-6-7-14(3,9-11)15(13,16)12-5-4-8-17-10-12/h10-11,16H,4-9H2,1-3H3. The molecular weight excluding hydrogens is 212 g/mol. The zero-order chi connectivity index (χ0) is 12.3. The highest BCUT2D eigenvalue weighted by atomic mass is 16.5. The second kappa shape index (κ2) is 3.28. The summed E-state index contributed by atoms with van der Waals surface area (Å²) in [5.74, 6) is 0.667. The molecule has 2 heteroatoms. The van der Waals surface area contributed by atoms with Gasteiger partial charge in [-0.05, 0) is 43.6 Å². The Morgan fingerprint density at radius 3 is 2.65 bits per heavy atom. The highest BCUT2D eigenvalue weighted by Gasteiger charge is 2.69. The summed E-state index contributed by atoms with van der Waals surface area (Å²) < 4.78 is 5.48. The van der Waals surface area contributed by atoms with Crippen molar-refractivity contribution >= 4 is 0 Å². The highest BCUT2D eigenvalue weighted by Crippen LogP contribution is 2.70. The van der Waals surface area contributed by atoms with Crippen LogP contribution in [0.3, 0.4) is 0 Å². The molecule has 0 aromatic carbocycles. The van der Waals surface area contributed by atoms with Gasteiger partial charge in [-0.25, -0.2) is 0 Å². The summed E-state index contributed by atoms with van der Waals surface area (Å²) in [6.07, 6.45) is 7.52. The van der Waals surface area contributed by atoms with Crippen molar-refractivity contribution in [1.29, 1.82) is 0 Å². The van der Waals surface area contributed by atoms with E-state index < -0.39 is 5.60 Å². The summed E-state index contributed by atoms with van der Waals surface area (Å²) in [6, 6.07) is 0. The Labute approximate surface area is 104 Å². The van der Waals surface area contributed by atoms with Crippen molar-refractivity contribution in [2.75, 3.05) is 6.61 Å². The number of fused-ring (bicyclic) bond motifs is 2. The lowest BCUT2D eigenvalue weighted by Crippen LogP contribution is -2.55. The molecule has 3 atom stereocenters. The Kier molecular flexibility index (Phi) is 2.24. The quantitative estimate of drug-likeness (QED) is 0.757. The molecule has 1 heterocycles. The Morgan fingerprint density at radius 1 is 1.35 bits per heavy atom. The fraction of sp³-hybridized carbons (Fsp3) is 0.867. The first-order valence-electron chi connectivity index (χ1n) is 6.95. The monoisotopic (exact) mass is 236 g/mol. The van der Waals surface area contributed by atoms with Crippen LogP contribution in [0.15, 0.2) is 11.8 Å². The fourth-order valence-corrected chi connectivity index (χ4v) is 4.89. The molecule has 96 valence electrons. The molecule has 1 N–H and O–H groups in total. The van der Waals surface area contributed by atoms with Gasteiger partial charge in [-0.3, -0.25) is 0 Å². The molecule has 2 bridgehead atoms. The molecule has 3 unspecified atom stereocenters. The van der Waals surface area contributed by atoms with Gasteiger partial charge in [-0.2, -0.15) is 0 Å². The normalized spacial score (nSPS) is 47.8. The summed E-state index contributed by atoms with van der Waals surface area (Å²) in [6.45, 7) is 7.58. The van der Waals surface area contributed by atoms with Crippen LogP contribution in [-0.2, 0) is 4.74 Å². The van der Waals surface area contributed by atoms with Gasteiger partial charge in [0.1, 0.15) is 0 Å². The van der Waals surface area contributed by atoms with Crippen LogP contribution in [0.4, 0.5) is 0 Å². The average molecular weight is 236 g/mol. The van der Waals surface area contributed by atoms with Crippen molar-refractivity contribution < 1.29 is 9.84 Å². The van der Waals surface area contributed by atoms with Crippen LogP contribution in [0.25, 0.3) is 0 Å². The van der Waals surface area contributed by atoms with Gasteiger partial charge in [0.05, 0.1) is 18.5 Å². The molecule has 1 aliphatic heterocycles. The lowest BCUT2D eigenvalue weighted by Gasteiger charge is -2.52. The SMILES string of the molecule is CC12CCC(C1)C(C)(C)C2(O)C1=COCCC1. The van der Waals surface area contributed by atoms with Gasteiger partial charge in [0.15, 0.2) is 0 Å². The molecule has 0 spiro atoms. The molecule has 2 fully saturated rings. The number of hydrogen-bond donors (Lipinski definition) is 1. The molecule has 17 heavy (non-hydrogen) atoms. The predicted octanol–water partition coefficient (Wildman–Crippen LogP) is 3.26. The van der Waals surface area contributed by atoms with Crippen molar-refractivity contribution in [2.45, 2.75) is 58.5 Å². The van der Waals surface area contributed by atoms with Crippen molar-refractivity contribution in [1.82, 2.24) is 0 Å². The Hall–Kier alpha value is -0.500. The third kappa shape index (κ3) is 1.20. The van der Waals surface area contributed by atoms with Crippen molar-refractivity contribution in [3.8, 4) is 0 Å². The van der Waals surface area contributed by atoms with Gasteiger partial charge in [0.2, 0.25) is 0 Å². The van der Waals surface area contributed by atoms with E-state index in [0.717, 1.165) is 31.4 Å². The maximum absolute atomic E-state index is 11.4. The van der Waals surface area contributed by atoms with Crippen molar-refractivity contribution in [3.05, 3.63) is 11.8 Å². The topological polar surface area (TPSA) is 29.5 Å². The summed E-state index contributed by atoms with van der Waals surface area (Å²) in [7, 11) is 0. The maximum atomic E-state index is 11.4. The molecular formula is C15H24O2. The number of hydrogen-bond acceptors (Lipinski definition) is 2. The van der Waals surface area contributed by atoms with Crippen LogP contribution in [0.1, 0.15) is 52.9 Å². The third-order valence-electron chi connectivity index (χ3n) is 5.97. The lowest BCUT2D eigenvalue weighted by molar-refractivity contribution is -0.118. The van der Waals surface area contributed by atoms with E-state index >= 15 is 0 Å². The minimum Gasteiger partial charge on any atom is -0.501 e. The van der Waals surface area contributed by atoms with Crippen molar-refractivity contribution in [3.63, 3.8) is 0 Å². The minimum absolute atomic E-state index is 0.00741. The van der Waals surface area contributed by atoms with E-state index in [1.807, 2.05) is 6.26 Å². The Balaban J connectivity index is 2.07. The molecule has 3 rings (SSSR count). The van der Waals surface area contributed by atoms with E-state index in [9.17, 15) is 5.11 Å². The second-order valence-corrected chi connectivity index (χ2v) is 7.05. The van der Waals surface area contributed by atoms with E-state index in [0.29, 0.717) is 5.92 Å². The largest absolute Gasteiger partial charge is 0.501 e. The summed E-state index contributed by atoms with van der Waals surface area (Å²) >= 11 is 0. The van der Waals surface area contributed by atoms with Gasteiger partial charge < -0.3 is 9.84 Å². The Bertz CT molecular complexity index is 364. The molecule has 0 aromatic rings. The van der Waals surface area contributed by atoms with Crippen molar-refractivity contribution in [2.24, 2.45) is 16.7 Å². The third-order valence-corrected chi connectivity index (χ3v) is 5.97. The summed E-state index contributed by atoms with van der Waals surface area (Å²) in [5.41, 5.74) is 0.558. The fourth-order valence-electron chi connectivity index (χ4n) is 4.89. The average Bonchev–Trinajstić information content (AvgIpc) is 2.78. The van der Waals surface area contributed by atoms with Gasteiger partial charge in [-0.1, -0.05) is 20.8 Å². The van der Waals surface area contributed by atoms with Crippen LogP contribution in [0, 0.1) is 16.7 Å². The predicted molar refractivity (Wildman–Crippen MR) is 67.4 cm³/mol. The van der Waals surface area contributed by atoms with Gasteiger partial charge in [0, 0.05) is 10.8 Å². The second-order valence-electron chi connectivity index (χ2n) is 7.05. The molecule has 0 aromatic heterocycles. The molecule has 0 saturated heterocycles. The van der Waals surface area contributed by atoms with Crippen LogP contribution < -0.4 is 0 Å². The summed E-state index contributed by atoms with van der Waals surface area (Å²) in [4.78, 5) is 0. The van der Waals surface area contributed by atoms with E-state index in [1.54, 1.807) is 0 Å². The van der Waals surface area contributed by atoms with E-state index in [2.05, 4.69) is 20.8 Å². The molecule has 0 amide bonds. The summed E-state index contributed by atoms with van der Waals surface area (Å²) in [5, 5.41) is 11.4.